The lowest BCUT2D eigenvalue weighted by atomic mass is 10.0. The number of nitrogens with one attached hydrogen (secondary N) is 2. The van der Waals surface area contributed by atoms with E-state index in [1.165, 1.54) is 0 Å². The van der Waals surface area contributed by atoms with Crippen molar-refractivity contribution in [1.29, 1.82) is 0 Å². The summed E-state index contributed by atoms with van der Waals surface area (Å²) in [7, 11) is -0.962. The van der Waals surface area contributed by atoms with E-state index in [0.29, 0.717) is 18.9 Å². The average molecular weight is 338 g/mol. The van der Waals surface area contributed by atoms with E-state index in [9.17, 15) is 9.00 Å². The van der Waals surface area contributed by atoms with Gasteiger partial charge in [-0.15, -0.1) is 0 Å². The lowest BCUT2D eigenvalue weighted by Crippen LogP contribution is -2.40. The smallest absolute Gasteiger partial charge is 0.315 e. The molecule has 6 heteroatoms. The number of hydrogen-bond acceptors (Lipinski definition) is 3. The zero-order chi connectivity index (χ0) is 16.9. The molecule has 5 nitrogen and oxygen atoms in total. The molecule has 1 aromatic carbocycles. The molecule has 0 saturated carbocycles. The average Bonchev–Trinajstić information content (AvgIpc) is 2.69. The van der Waals surface area contributed by atoms with Gasteiger partial charge < -0.3 is 15.4 Å². The zero-order valence-electron chi connectivity index (χ0n) is 14.1. The fraction of sp³-hybridized carbons (Fsp3) is 0.588. The van der Waals surface area contributed by atoms with Crippen LogP contribution in [0.3, 0.4) is 0 Å². The van der Waals surface area contributed by atoms with Gasteiger partial charge in [-0.05, 0) is 39.7 Å². The summed E-state index contributed by atoms with van der Waals surface area (Å²) in [6.45, 7) is 6.88. The minimum absolute atomic E-state index is 0.0539. The van der Waals surface area contributed by atoms with E-state index >= 15 is 0 Å². The molecule has 1 heterocycles. The number of urea groups is 1. The molecule has 2 amide bonds. The fourth-order valence-electron chi connectivity index (χ4n) is 2.45. The first-order valence-corrected chi connectivity index (χ1v) is 9.34. The maximum Gasteiger partial charge on any atom is 0.315 e. The Kier molecular flexibility index (Phi) is 6.04. The van der Waals surface area contributed by atoms with Crippen LogP contribution in [-0.4, -0.2) is 33.9 Å². The van der Waals surface area contributed by atoms with Crippen LogP contribution in [0.15, 0.2) is 24.3 Å². The second-order valence-corrected chi connectivity index (χ2v) is 8.97. The molecule has 2 N–H and O–H groups in total. The predicted molar refractivity (Wildman–Crippen MR) is 93.2 cm³/mol. The molecule has 0 aliphatic carbocycles. The van der Waals surface area contributed by atoms with Crippen LogP contribution in [0.2, 0.25) is 0 Å². The van der Waals surface area contributed by atoms with Crippen LogP contribution >= 0.6 is 0 Å². The lowest BCUT2D eigenvalue weighted by Gasteiger charge is -2.20. The Morgan fingerprint density at radius 3 is 2.83 bits per heavy atom. The van der Waals surface area contributed by atoms with E-state index in [4.69, 9.17) is 4.74 Å². The molecule has 23 heavy (non-hydrogen) atoms. The highest BCUT2D eigenvalue weighted by molar-refractivity contribution is 7.86. The van der Waals surface area contributed by atoms with Crippen molar-refractivity contribution in [3.8, 4) is 5.75 Å². The molecule has 128 valence electrons. The predicted octanol–water partition coefficient (Wildman–Crippen LogP) is 2.75. The Balaban J connectivity index is 1.87. The molecule has 0 unspecified atom stereocenters. The van der Waals surface area contributed by atoms with Gasteiger partial charge in [-0.3, -0.25) is 4.21 Å². The molecule has 0 spiro atoms. The summed E-state index contributed by atoms with van der Waals surface area (Å²) in [6, 6.07) is 7.52. The van der Waals surface area contributed by atoms with Crippen molar-refractivity contribution >= 4 is 16.8 Å². The molecule has 2 atom stereocenters. The van der Waals surface area contributed by atoms with Crippen LogP contribution in [0.5, 0.6) is 5.75 Å². The summed E-state index contributed by atoms with van der Waals surface area (Å²) in [6.07, 6.45) is 1.74. The first-order valence-electron chi connectivity index (χ1n) is 8.02. The van der Waals surface area contributed by atoms with Gasteiger partial charge in [-0.1, -0.05) is 18.2 Å². The van der Waals surface area contributed by atoms with Crippen LogP contribution in [0.4, 0.5) is 4.79 Å². The van der Waals surface area contributed by atoms with Gasteiger partial charge in [0.15, 0.2) is 0 Å². The Labute approximate surface area is 140 Å². The number of fused-ring (bicyclic) bond motifs is 1. The quantitative estimate of drug-likeness (QED) is 0.887. The maximum atomic E-state index is 12.1. The molecule has 1 aromatic rings. The molecule has 0 bridgehead atoms. The summed E-state index contributed by atoms with van der Waals surface area (Å²) in [4.78, 5) is 12.1. The van der Waals surface area contributed by atoms with E-state index in [-0.39, 0.29) is 16.8 Å². The second kappa shape index (κ2) is 7.81. The summed E-state index contributed by atoms with van der Waals surface area (Å²) in [5.41, 5.74) is 1.01. The van der Waals surface area contributed by atoms with E-state index in [2.05, 4.69) is 10.6 Å². The molecular weight excluding hydrogens is 312 g/mol. The third-order valence-corrected chi connectivity index (χ3v) is 5.69. The van der Waals surface area contributed by atoms with Crippen LogP contribution in [0, 0.1) is 0 Å². The second-order valence-electron chi connectivity index (χ2n) is 6.64. The SMILES string of the molecule is CC(C)(C)[S@@](=O)CCNC(=O)N[C@H]1CCCOc2ccccc21. The third kappa shape index (κ3) is 5.23. The largest absolute Gasteiger partial charge is 0.493 e. The monoisotopic (exact) mass is 338 g/mol. The third-order valence-electron chi connectivity index (χ3n) is 3.75. The maximum absolute atomic E-state index is 12.1. The van der Waals surface area contributed by atoms with Gasteiger partial charge in [0.2, 0.25) is 0 Å². The first kappa shape index (κ1) is 17.8. The highest BCUT2D eigenvalue weighted by Gasteiger charge is 2.22. The standard InChI is InChI=1S/C17H26N2O3S/c1-17(2,3)23(21)12-10-18-16(20)19-14-8-6-11-22-15-9-5-4-7-13(14)15/h4-5,7,9,14H,6,8,10-12H2,1-3H3,(H2,18,19,20)/t14-,23-/m0/s1. The summed E-state index contributed by atoms with van der Waals surface area (Å²) < 4.78 is 17.4. The van der Waals surface area contributed by atoms with Crippen LogP contribution in [0.1, 0.15) is 45.2 Å². The number of para-hydroxylation sites is 1. The fourth-order valence-corrected chi connectivity index (χ4v) is 3.35. The number of ether oxygens (including phenoxy) is 1. The minimum Gasteiger partial charge on any atom is -0.493 e. The van der Waals surface area contributed by atoms with Gasteiger partial charge in [-0.2, -0.15) is 0 Å². The van der Waals surface area contributed by atoms with Gasteiger partial charge in [0, 0.05) is 33.4 Å². The number of hydrogen-bond donors (Lipinski definition) is 2. The van der Waals surface area contributed by atoms with Crippen molar-refractivity contribution in [2.75, 3.05) is 18.9 Å². The molecule has 0 radical (unpaired) electrons. The molecular formula is C17H26N2O3S. The Morgan fingerprint density at radius 2 is 2.09 bits per heavy atom. The lowest BCUT2D eigenvalue weighted by molar-refractivity contribution is 0.237. The highest BCUT2D eigenvalue weighted by atomic mass is 32.2. The highest BCUT2D eigenvalue weighted by Crippen LogP contribution is 2.30. The molecule has 0 saturated heterocycles. The summed E-state index contributed by atoms with van der Waals surface area (Å²) in [5.74, 6) is 1.30. The zero-order valence-corrected chi connectivity index (χ0v) is 14.9. The van der Waals surface area contributed by atoms with Crippen molar-refractivity contribution in [2.45, 2.75) is 44.4 Å². The number of amides is 2. The molecule has 0 aromatic heterocycles. The molecule has 0 fully saturated rings. The van der Waals surface area contributed by atoms with E-state index < -0.39 is 10.8 Å². The van der Waals surface area contributed by atoms with E-state index in [1.54, 1.807) is 0 Å². The molecule has 1 aliphatic rings. The minimum atomic E-state index is -0.962. The van der Waals surface area contributed by atoms with Gasteiger partial charge in [0.05, 0.1) is 12.6 Å². The van der Waals surface area contributed by atoms with E-state index in [1.807, 2.05) is 45.0 Å². The molecule has 1 aliphatic heterocycles. The summed E-state index contributed by atoms with van der Waals surface area (Å²) >= 11 is 0. The van der Waals surface area contributed by atoms with Crippen molar-refractivity contribution in [2.24, 2.45) is 0 Å². The first-order chi connectivity index (χ1) is 10.9. The number of benzene rings is 1. The van der Waals surface area contributed by atoms with Crippen LogP contribution in [-0.2, 0) is 10.8 Å². The number of carbonyl (C=O) groups excluding carboxylic acids is 1. The number of rotatable bonds is 4. The van der Waals surface area contributed by atoms with Crippen LogP contribution < -0.4 is 15.4 Å². The van der Waals surface area contributed by atoms with Crippen molar-refractivity contribution in [3.05, 3.63) is 29.8 Å². The van der Waals surface area contributed by atoms with Gasteiger partial charge in [0.1, 0.15) is 5.75 Å². The van der Waals surface area contributed by atoms with Crippen molar-refractivity contribution in [3.63, 3.8) is 0 Å². The van der Waals surface area contributed by atoms with E-state index in [0.717, 1.165) is 24.2 Å². The van der Waals surface area contributed by atoms with Crippen molar-refractivity contribution in [1.82, 2.24) is 10.6 Å². The Hall–Kier alpha value is -1.56. The Morgan fingerprint density at radius 1 is 1.35 bits per heavy atom. The topological polar surface area (TPSA) is 67.4 Å². The summed E-state index contributed by atoms with van der Waals surface area (Å²) in [5, 5.41) is 5.80. The normalized spacial score (nSPS) is 19.0. The van der Waals surface area contributed by atoms with Gasteiger partial charge in [-0.25, -0.2) is 4.79 Å². The van der Waals surface area contributed by atoms with Crippen molar-refractivity contribution < 1.29 is 13.7 Å². The van der Waals surface area contributed by atoms with Gasteiger partial charge in [0.25, 0.3) is 0 Å². The Bertz CT molecular complexity index is 569. The van der Waals surface area contributed by atoms with Crippen LogP contribution in [0.25, 0.3) is 0 Å². The van der Waals surface area contributed by atoms with Gasteiger partial charge >= 0.3 is 6.03 Å². The number of carbonyl (C=O) groups is 1. The molecule has 2 rings (SSSR count).